The van der Waals surface area contributed by atoms with Crippen LogP contribution in [0.5, 0.6) is 0 Å². The Morgan fingerprint density at radius 3 is 2.43 bits per heavy atom. The van der Waals surface area contributed by atoms with E-state index in [9.17, 15) is 9.59 Å². The van der Waals surface area contributed by atoms with Gasteiger partial charge in [-0.15, -0.1) is 0 Å². The van der Waals surface area contributed by atoms with Gasteiger partial charge in [0.05, 0.1) is 11.6 Å². The van der Waals surface area contributed by atoms with Crippen LogP contribution >= 0.6 is 0 Å². The van der Waals surface area contributed by atoms with Crippen LogP contribution in [0.2, 0.25) is 0 Å². The van der Waals surface area contributed by atoms with Crippen molar-refractivity contribution in [3.63, 3.8) is 0 Å². The van der Waals surface area contributed by atoms with E-state index in [1.807, 2.05) is 68.9 Å². The van der Waals surface area contributed by atoms with Crippen LogP contribution in [-0.4, -0.2) is 101 Å². The standard InChI is InChI=1S/C27H34N6O2/c1-29(2)15-16-30-17-19-31(20-18-30)27(35)24-22-11-6-7-13-32(22)25(28-24)23-12-8-14-33(23)26(34)21-9-4-3-5-10-21/h3-7,9-11,13,23H,8,12,14-20H2,1-2H3. The first kappa shape index (κ1) is 23.5. The molecule has 2 aliphatic rings. The van der Waals surface area contributed by atoms with Crippen LogP contribution in [0.1, 0.15) is 45.6 Å². The number of amides is 2. The van der Waals surface area contributed by atoms with Crippen molar-refractivity contribution in [3.8, 4) is 0 Å². The number of hydrogen-bond donors (Lipinski definition) is 0. The Hall–Kier alpha value is -3.23. The van der Waals surface area contributed by atoms with Gasteiger partial charge in [-0.1, -0.05) is 24.3 Å². The highest BCUT2D eigenvalue weighted by atomic mass is 16.2. The van der Waals surface area contributed by atoms with E-state index in [-0.39, 0.29) is 17.9 Å². The lowest BCUT2D eigenvalue weighted by atomic mass is 10.1. The molecule has 8 heteroatoms. The monoisotopic (exact) mass is 474 g/mol. The van der Waals surface area contributed by atoms with E-state index >= 15 is 0 Å². The second-order valence-electron chi connectivity index (χ2n) is 9.73. The van der Waals surface area contributed by atoms with Gasteiger partial charge in [-0.05, 0) is 51.2 Å². The predicted molar refractivity (Wildman–Crippen MR) is 136 cm³/mol. The van der Waals surface area contributed by atoms with Gasteiger partial charge in [-0.25, -0.2) is 4.98 Å². The zero-order chi connectivity index (χ0) is 24.4. The second-order valence-corrected chi connectivity index (χ2v) is 9.73. The van der Waals surface area contributed by atoms with Crippen LogP contribution < -0.4 is 0 Å². The van der Waals surface area contributed by atoms with Crippen LogP contribution in [0, 0.1) is 0 Å². The summed E-state index contributed by atoms with van der Waals surface area (Å²) in [4.78, 5) is 40.2. The van der Waals surface area contributed by atoms with Gasteiger partial charge in [0.2, 0.25) is 0 Å². The highest BCUT2D eigenvalue weighted by Gasteiger charge is 2.35. The number of likely N-dealkylation sites (tertiary alicyclic amines) is 1. The van der Waals surface area contributed by atoms with E-state index in [1.165, 1.54) is 0 Å². The summed E-state index contributed by atoms with van der Waals surface area (Å²) in [6.07, 6.45) is 3.71. The van der Waals surface area contributed by atoms with Crippen LogP contribution in [0.15, 0.2) is 54.7 Å². The van der Waals surface area contributed by atoms with Crippen LogP contribution in [0.4, 0.5) is 0 Å². The fraction of sp³-hybridized carbons (Fsp3) is 0.444. The molecule has 1 atom stereocenters. The molecule has 2 saturated heterocycles. The number of piperazine rings is 1. The summed E-state index contributed by atoms with van der Waals surface area (Å²) in [5.74, 6) is 0.768. The predicted octanol–water partition coefficient (Wildman–Crippen LogP) is 2.63. The Morgan fingerprint density at radius 1 is 0.943 bits per heavy atom. The lowest BCUT2D eigenvalue weighted by Gasteiger charge is -2.34. The summed E-state index contributed by atoms with van der Waals surface area (Å²) in [6, 6.07) is 15.1. The molecular formula is C27H34N6O2. The molecule has 2 amide bonds. The summed E-state index contributed by atoms with van der Waals surface area (Å²) in [5.41, 5.74) is 1.98. The van der Waals surface area contributed by atoms with E-state index < -0.39 is 0 Å². The number of aromatic nitrogens is 2. The third-order valence-electron chi connectivity index (χ3n) is 7.13. The summed E-state index contributed by atoms with van der Waals surface area (Å²) >= 11 is 0. The number of pyridine rings is 1. The van der Waals surface area contributed by atoms with E-state index in [2.05, 4.69) is 23.9 Å². The molecule has 0 radical (unpaired) electrons. The highest BCUT2D eigenvalue weighted by molar-refractivity contribution is 5.99. The lowest BCUT2D eigenvalue weighted by molar-refractivity contribution is 0.0626. The van der Waals surface area contributed by atoms with E-state index in [0.29, 0.717) is 30.9 Å². The molecular weight excluding hydrogens is 440 g/mol. The number of rotatable bonds is 6. The van der Waals surface area contributed by atoms with Crippen molar-refractivity contribution < 1.29 is 9.59 Å². The third-order valence-corrected chi connectivity index (χ3v) is 7.13. The third kappa shape index (κ3) is 4.81. The van der Waals surface area contributed by atoms with Crippen molar-refractivity contribution in [2.75, 3.05) is 59.9 Å². The minimum absolute atomic E-state index is 0.0162. The molecule has 0 aliphatic carbocycles. The van der Waals surface area contributed by atoms with Crippen LogP contribution in [0.25, 0.3) is 5.52 Å². The number of nitrogens with zero attached hydrogens (tertiary/aromatic N) is 6. The zero-order valence-electron chi connectivity index (χ0n) is 20.6. The fourth-order valence-electron chi connectivity index (χ4n) is 5.14. The van der Waals surface area contributed by atoms with Crippen molar-refractivity contribution >= 4 is 17.3 Å². The van der Waals surface area contributed by atoms with Gasteiger partial charge in [0.15, 0.2) is 5.69 Å². The van der Waals surface area contributed by atoms with Crippen LogP contribution in [0.3, 0.4) is 0 Å². The van der Waals surface area contributed by atoms with Crippen molar-refractivity contribution in [1.82, 2.24) is 29.0 Å². The van der Waals surface area contributed by atoms with Crippen molar-refractivity contribution in [1.29, 1.82) is 0 Å². The first-order valence-corrected chi connectivity index (χ1v) is 12.5. The zero-order valence-corrected chi connectivity index (χ0v) is 20.6. The van der Waals surface area contributed by atoms with Crippen LogP contribution in [-0.2, 0) is 0 Å². The van der Waals surface area contributed by atoms with Gasteiger partial charge in [0.25, 0.3) is 11.8 Å². The lowest BCUT2D eigenvalue weighted by Crippen LogP contribution is -2.50. The summed E-state index contributed by atoms with van der Waals surface area (Å²) in [6.45, 7) is 5.88. The number of carbonyl (C=O) groups is 2. The number of fused-ring (bicyclic) bond motifs is 1. The van der Waals surface area contributed by atoms with Gasteiger partial charge in [0.1, 0.15) is 5.82 Å². The van der Waals surface area contributed by atoms with Gasteiger partial charge in [0, 0.05) is 57.6 Å². The van der Waals surface area contributed by atoms with Gasteiger partial charge >= 0.3 is 0 Å². The molecule has 0 saturated carbocycles. The molecule has 5 rings (SSSR count). The van der Waals surface area contributed by atoms with Gasteiger partial charge in [-0.3, -0.25) is 14.5 Å². The molecule has 0 N–H and O–H groups in total. The van der Waals surface area contributed by atoms with Crippen molar-refractivity contribution in [2.45, 2.75) is 18.9 Å². The fourth-order valence-corrected chi connectivity index (χ4v) is 5.14. The molecule has 2 aromatic heterocycles. The second kappa shape index (κ2) is 10.2. The molecule has 2 fully saturated rings. The molecule has 184 valence electrons. The largest absolute Gasteiger partial charge is 0.335 e. The molecule has 0 bridgehead atoms. The van der Waals surface area contributed by atoms with Gasteiger partial charge < -0.3 is 19.1 Å². The Labute approximate surface area is 206 Å². The molecule has 2 aliphatic heterocycles. The molecule has 35 heavy (non-hydrogen) atoms. The Morgan fingerprint density at radius 2 is 1.69 bits per heavy atom. The minimum Gasteiger partial charge on any atom is -0.335 e. The minimum atomic E-state index is -0.151. The van der Waals surface area contributed by atoms with Crippen molar-refractivity contribution in [2.24, 2.45) is 0 Å². The normalized spacial score (nSPS) is 19.1. The average molecular weight is 475 g/mol. The molecule has 4 heterocycles. The smallest absolute Gasteiger partial charge is 0.274 e. The number of hydrogen-bond acceptors (Lipinski definition) is 5. The SMILES string of the molecule is CN(C)CCN1CCN(C(=O)c2nc(C3CCCN3C(=O)c3ccccc3)n3ccccc23)CC1. The molecule has 0 spiro atoms. The van der Waals surface area contributed by atoms with E-state index in [0.717, 1.165) is 50.4 Å². The Bertz CT molecular complexity index is 1180. The molecule has 1 unspecified atom stereocenters. The Kier molecular flexibility index (Phi) is 6.83. The number of carbonyl (C=O) groups excluding carboxylic acids is 2. The quantitative estimate of drug-likeness (QED) is 0.550. The number of likely N-dealkylation sites (N-methyl/N-ethyl adjacent to an activating group) is 1. The Balaban J connectivity index is 1.38. The molecule has 8 nitrogen and oxygen atoms in total. The maximum Gasteiger partial charge on any atom is 0.274 e. The highest BCUT2D eigenvalue weighted by Crippen LogP contribution is 2.34. The van der Waals surface area contributed by atoms with E-state index in [1.54, 1.807) is 0 Å². The number of imidazole rings is 1. The maximum atomic E-state index is 13.6. The summed E-state index contributed by atoms with van der Waals surface area (Å²) in [7, 11) is 4.17. The summed E-state index contributed by atoms with van der Waals surface area (Å²) in [5, 5.41) is 0. The molecule has 3 aromatic rings. The topological polar surface area (TPSA) is 64.4 Å². The average Bonchev–Trinajstić information content (AvgIpc) is 3.52. The number of benzene rings is 1. The maximum absolute atomic E-state index is 13.6. The first-order chi connectivity index (χ1) is 17.0. The summed E-state index contributed by atoms with van der Waals surface area (Å²) < 4.78 is 2.00. The molecule has 1 aromatic carbocycles. The van der Waals surface area contributed by atoms with Crippen molar-refractivity contribution in [3.05, 3.63) is 71.8 Å². The van der Waals surface area contributed by atoms with Gasteiger partial charge in [-0.2, -0.15) is 0 Å². The first-order valence-electron chi connectivity index (χ1n) is 12.5. The van der Waals surface area contributed by atoms with E-state index in [4.69, 9.17) is 4.98 Å².